The first-order chi connectivity index (χ1) is 6.06. The zero-order valence-electron chi connectivity index (χ0n) is 6.40. The first-order valence-corrected chi connectivity index (χ1v) is 4.26. The summed E-state index contributed by atoms with van der Waals surface area (Å²) in [4.78, 5) is 3.56. The van der Waals surface area contributed by atoms with E-state index in [4.69, 9.17) is 28.9 Å². The van der Waals surface area contributed by atoms with Gasteiger partial charge in [-0.3, -0.25) is 0 Å². The lowest BCUT2D eigenvalue weighted by Gasteiger charge is -2.06. The van der Waals surface area contributed by atoms with E-state index in [2.05, 4.69) is 4.98 Å². The highest BCUT2D eigenvalue weighted by Crippen LogP contribution is 2.30. The molecule has 72 valence electrons. The molecule has 0 amide bonds. The Labute approximate surface area is 83.7 Å². The molecular weight excluding hydrogens is 221 g/mol. The van der Waals surface area contributed by atoms with Crippen LogP contribution in [0, 0.1) is 0 Å². The van der Waals surface area contributed by atoms with E-state index in [1.807, 2.05) is 0 Å². The maximum atomic E-state index is 12.3. The molecule has 1 aromatic heterocycles. The van der Waals surface area contributed by atoms with Gasteiger partial charge in [-0.15, -0.1) is 11.6 Å². The molecule has 0 radical (unpaired) electrons. The molecule has 0 fully saturated rings. The van der Waals surface area contributed by atoms with Crippen LogP contribution in [-0.4, -0.2) is 4.98 Å². The van der Waals surface area contributed by atoms with Gasteiger partial charge in [0.05, 0.1) is 22.3 Å². The van der Waals surface area contributed by atoms with Crippen LogP contribution >= 0.6 is 23.2 Å². The Morgan fingerprint density at radius 1 is 1.54 bits per heavy atom. The molecule has 0 aromatic carbocycles. The third-order valence-corrected chi connectivity index (χ3v) is 2.09. The van der Waals surface area contributed by atoms with Gasteiger partial charge < -0.3 is 5.73 Å². The van der Waals surface area contributed by atoms with Crippen LogP contribution in [0.2, 0.25) is 5.02 Å². The van der Waals surface area contributed by atoms with Gasteiger partial charge >= 0.3 is 0 Å². The summed E-state index contributed by atoms with van der Waals surface area (Å²) in [5.74, 6) is 0.0289. The van der Waals surface area contributed by atoms with E-state index < -0.39 is 12.1 Å². The second-order valence-electron chi connectivity index (χ2n) is 2.34. The Morgan fingerprint density at radius 2 is 2.15 bits per heavy atom. The topological polar surface area (TPSA) is 38.9 Å². The average Bonchev–Trinajstić information content (AvgIpc) is 2.09. The van der Waals surface area contributed by atoms with E-state index in [1.54, 1.807) is 0 Å². The lowest BCUT2D eigenvalue weighted by molar-refractivity contribution is 0.146. The third kappa shape index (κ3) is 2.19. The molecule has 0 saturated heterocycles. The minimum atomic E-state index is -2.74. The molecule has 1 aromatic rings. The quantitative estimate of drug-likeness (QED) is 0.788. The van der Waals surface area contributed by atoms with Gasteiger partial charge in [-0.1, -0.05) is 11.6 Å². The minimum Gasteiger partial charge on any atom is -0.397 e. The molecule has 0 aliphatic carbocycles. The van der Waals surface area contributed by atoms with Gasteiger partial charge in [-0.2, -0.15) is 0 Å². The van der Waals surface area contributed by atoms with Gasteiger partial charge in [-0.25, -0.2) is 13.8 Å². The Kier molecular flexibility index (Phi) is 3.27. The monoisotopic (exact) mass is 226 g/mol. The molecule has 0 atom stereocenters. The summed E-state index contributed by atoms with van der Waals surface area (Å²) in [5.41, 5.74) is 5.22. The first kappa shape index (κ1) is 10.5. The molecule has 1 heterocycles. The van der Waals surface area contributed by atoms with Crippen molar-refractivity contribution in [1.29, 1.82) is 0 Å². The number of anilines is 1. The molecule has 1 rings (SSSR count). The number of hydrogen-bond donors (Lipinski definition) is 1. The Hall–Kier alpha value is -0.610. The Bertz CT molecular complexity index is 318. The molecule has 0 bridgehead atoms. The Balaban J connectivity index is 3.25. The van der Waals surface area contributed by atoms with E-state index in [9.17, 15) is 8.78 Å². The van der Waals surface area contributed by atoms with E-state index in [0.29, 0.717) is 5.69 Å². The highest BCUT2D eigenvalue weighted by molar-refractivity contribution is 6.33. The lowest BCUT2D eigenvalue weighted by atomic mass is 10.3. The molecular formula is C7H6Cl2F2N2. The van der Waals surface area contributed by atoms with Crippen LogP contribution in [0.3, 0.4) is 0 Å². The van der Waals surface area contributed by atoms with Gasteiger partial charge in [0.2, 0.25) is 0 Å². The summed E-state index contributed by atoms with van der Waals surface area (Å²) in [5, 5.41) is -0.205. The predicted octanol–water partition coefficient (Wildman–Crippen LogP) is 2.99. The lowest BCUT2D eigenvalue weighted by Crippen LogP contribution is -2.00. The van der Waals surface area contributed by atoms with Crippen molar-refractivity contribution < 1.29 is 8.78 Å². The van der Waals surface area contributed by atoms with Crippen molar-refractivity contribution in [2.24, 2.45) is 0 Å². The molecule has 6 heteroatoms. The second-order valence-corrected chi connectivity index (χ2v) is 2.98. The zero-order valence-corrected chi connectivity index (χ0v) is 7.91. The molecule has 13 heavy (non-hydrogen) atoms. The average molecular weight is 227 g/mol. The smallest absolute Gasteiger partial charge is 0.281 e. The third-order valence-electron chi connectivity index (χ3n) is 1.41. The summed E-state index contributed by atoms with van der Waals surface area (Å²) < 4.78 is 24.6. The standard InChI is InChI=1S/C7H6Cl2F2N2/c8-2-3-1-4(12)5(9)6(13-3)7(10)11/h1,7H,2H2,(H2,12,13). The van der Waals surface area contributed by atoms with Crippen molar-refractivity contribution in [2.45, 2.75) is 12.3 Å². The van der Waals surface area contributed by atoms with E-state index in [-0.39, 0.29) is 16.6 Å². The van der Waals surface area contributed by atoms with Crippen LogP contribution < -0.4 is 5.73 Å². The van der Waals surface area contributed by atoms with Crippen LogP contribution in [-0.2, 0) is 5.88 Å². The summed E-state index contributed by atoms with van der Waals surface area (Å²) >= 11 is 10.9. The predicted molar refractivity (Wildman–Crippen MR) is 48.2 cm³/mol. The number of hydrogen-bond acceptors (Lipinski definition) is 2. The maximum absolute atomic E-state index is 12.3. The van der Waals surface area contributed by atoms with Crippen LogP contribution in [0.1, 0.15) is 17.8 Å². The number of halogens is 4. The zero-order chi connectivity index (χ0) is 10.0. The number of nitrogen functional groups attached to an aromatic ring is 1. The molecule has 0 unspecified atom stereocenters. The highest BCUT2D eigenvalue weighted by atomic mass is 35.5. The van der Waals surface area contributed by atoms with Gasteiger partial charge in [0.1, 0.15) is 5.69 Å². The molecule has 2 N–H and O–H groups in total. The number of aromatic nitrogens is 1. The van der Waals surface area contributed by atoms with Crippen molar-refractivity contribution in [3.05, 3.63) is 22.5 Å². The minimum absolute atomic E-state index is 0.0289. The Morgan fingerprint density at radius 3 is 2.62 bits per heavy atom. The van der Waals surface area contributed by atoms with Crippen LogP contribution in [0.15, 0.2) is 6.07 Å². The number of nitrogens with zero attached hydrogens (tertiary/aromatic N) is 1. The highest BCUT2D eigenvalue weighted by Gasteiger charge is 2.16. The van der Waals surface area contributed by atoms with Crippen LogP contribution in [0.4, 0.5) is 14.5 Å². The SMILES string of the molecule is Nc1cc(CCl)nc(C(F)F)c1Cl. The van der Waals surface area contributed by atoms with Crippen molar-refractivity contribution in [1.82, 2.24) is 4.98 Å². The molecule has 2 nitrogen and oxygen atoms in total. The molecule has 0 aliphatic rings. The number of rotatable bonds is 2. The fraction of sp³-hybridized carbons (Fsp3) is 0.286. The normalized spacial score (nSPS) is 10.8. The number of alkyl halides is 3. The number of nitrogens with two attached hydrogens (primary N) is 1. The van der Waals surface area contributed by atoms with Gasteiger partial charge in [0, 0.05) is 0 Å². The fourth-order valence-electron chi connectivity index (χ4n) is 0.840. The summed E-state index contributed by atoms with van der Waals surface area (Å²) in [6, 6.07) is 1.38. The van der Waals surface area contributed by atoms with Crippen molar-refractivity contribution in [3.8, 4) is 0 Å². The molecule has 0 saturated carbocycles. The van der Waals surface area contributed by atoms with Crippen LogP contribution in [0.25, 0.3) is 0 Å². The van der Waals surface area contributed by atoms with Crippen molar-refractivity contribution >= 4 is 28.9 Å². The maximum Gasteiger partial charge on any atom is 0.281 e. The molecule has 0 spiro atoms. The number of pyridine rings is 1. The van der Waals surface area contributed by atoms with E-state index in [0.717, 1.165) is 0 Å². The van der Waals surface area contributed by atoms with Crippen molar-refractivity contribution in [3.63, 3.8) is 0 Å². The van der Waals surface area contributed by atoms with Crippen molar-refractivity contribution in [2.75, 3.05) is 5.73 Å². The summed E-state index contributed by atoms with van der Waals surface area (Å²) in [6.07, 6.45) is -2.74. The second kappa shape index (κ2) is 4.07. The fourth-order valence-corrected chi connectivity index (χ4v) is 1.16. The van der Waals surface area contributed by atoms with Crippen LogP contribution in [0.5, 0.6) is 0 Å². The van der Waals surface area contributed by atoms with Gasteiger partial charge in [-0.05, 0) is 6.07 Å². The molecule has 0 aliphatic heterocycles. The summed E-state index contributed by atoms with van der Waals surface area (Å²) in [6.45, 7) is 0. The summed E-state index contributed by atoms with van der Waals surface area (Å²) in [7, 11) is 0. The van der Waals surface area contributed by atoms with E-state index in [1.165, 1.54) is 6.07 Å². The van der Waals surface area contributed by atoms with E-state index >= 15 is 0 Å². The largest absolute Gasteiger partial charge is 0.397 e. The first-order valence-electron chi connectivity index (χ1n) is 3.35. The van der Waals surface area contributed by atoms with Gasteiger partial charge in [0.25, 0.3) is 6.43 Å². The van der Waals surface area contributed by atoms with Gasteiger partial charge in [0.15, 0.2) is 0 Å².